The van der Waals surface area contributed by atoms with Gasteiger partial charge in [-0.1, -0.05) is 25.1 Å². The normalized spacial score (nSPS) is 11.4. The van der Waals surface area contributed by atoms with Crippen molar-refractivity contribution in [3.05, 3.63) is 72.3 Å². The molecule has 0 radical (unpaired) electrons. The van der Waals surface area contributed by atoms with Crippen molar-refractivity contribution in [2.45, 2.75) is 12.8 Å². The summed E-state index contributed by atoms with van der Waals surface area (Å²) >= 11 is 0. The predicted octanol–water partition coefficient (Wildman–Crippen LogP) is 2.77. The number of aromatic nitrogens is 4. The first kappa shape index (κ1) is 28.8. The number of carbonyl (C=O) groups excluding carboxylic acids is 1. The Hall–Kier alpha value is -3.80. The number of rotatable bonds is 12. The minimum atomic E-state index is -0.128. The van der Waals surface area contributed by atoms with Crippen LogP contribution in [0.3, 0.4) is 0 Å². The zero-order valence-electron chi connectivity index (χ0n) is 21.5. The standard InChI is InChI=1S/C27H32N8O2.H2S/c1-18(20-4-3-5-21-22(27(37)28-2)8-9-31-26(20)21)15-32-25-14-23(34-17-35-25)19-6-7-24(33-16-19)30-11-10-29-12-13-36;/h3-9,14,16-18,29,36H,10-13,15H2,1-2H3,(H,28,37)(H,30,33)(H,32,34,35);1H2/t18-;/m1./s1. The van der Waals surface area contributed by atoms with Crippen LogP contribution >= 0.6 is 13.5 Å². The fourth-order valence-electron chi connectivity index (χ4n) is 4.04. The molecule has 3 aromatic heterocycles. The number of nitrogens with one attached hydrogen (secondary N) is 4. The maximum Gasteiger partial charge on any atom is 0.251 e. The van der Waals surface area contributed by atoms with E-state index in [9.17, 15) is 4.79 Å². The molecule has 10 nitrogen and oxygen atoms in total. The van der Waals surface area contributed by atoms with Crippen molar-refractivity contribution in [3.63, 3.8) is 0 Å². The number of amides is 1. The summed E-state index contributed by atoms with van der Waals surface area (Å²) in [4.78, 5) is 30.1. The minimum Gasteiger partial charge on any atom is -0.395 e. The summed E-state index contributed by atoms with van der Waals surface area (Å²) in [5, 5.41) is 22.1. The van der Waals surface area contributed by atoms with E-state index < -0.39 is 0 Å². The molecule has 0 aliphatic carbocycles. The number of benzene rings is 1. The molecule has 4 rings (SSSR count). The molecular weight excluding hydrogens is 500 g/mol. The Bertz CT molecular complexity index is 1340. The zero-order chi connectivity index (χ0) is 26.0. The van der Waals surface area contributed by atoms with E-state index >= 15 is 0 Å². The van der Waals surface area contributed by atoms with Crippen molar-refractivity contribution < 1.29 is 9.90 Å². The highest BCUT2D eigenvalue weighted by Gasteiger charge is 2.15. The van der Waals surface area contributed by atoms with Crippen molar-refractivity contribution in [2.75, 3.05) is 50.5 Å². The maximum absolute atomic E-state index is 12.3. The number of aliphatic hydroxyl groups is 1. The van der Waals surface area contributed by atoms with Crippen LogP contribution in [-0.4, -0.2) is 70.8 Å². The van der Waals surface area contributed by atoms with E-state index in [1.54, 1.807) is 25.5 Å². The second kappa shape index (κ2) is 14.2. The Morgan fingerprint density at radius 3 is 2.61 bits per heavy atom. The number of para-hydroxylation sites is 1. The van der Waals surface area contributed by atoms with E-state index in [0.29, 0.717) is 31.0 Å². The smallest absolute Gasteiger partial charge is 0.251 e. The quantitative estimate of drug-likeness (QED) is 0.174. The number of fused-ring (bicyclic) bond motifs is 1. The third-order valence-electron chi connectivity index (χ3n) is 6.02. The monoisotopic (exact) mass is 534 g/mol. The summed E-state index contributed by atoms with van der Waals surface area (Å²) in [5.74, 6) is 1.48. The summed E-state index contributed by atoms with van der Waals surface area (Å²) in [7, 11) is 1.63. The molecule has 1 atom stereocenters. The molecule has 200 valence electrons. The molecule has 1 amide bonds. The van der Waals surface area contributed by atoms with Gasteiger partial charge in [-0.3, -0.25) is 9.78 Å². The van der Waals surface area contributed by atoms with Crippen LogP contribution in [0.25, 0.3) is 22.2 Å². The Morgan fingerprint density at radius 1 is 0.974 bits per heavy atom. The molecule has 5 N–H and O–H groups in total. The van der Waals surface area contributed by atoms with E-state index in [1.807, 2.05) is 36.4 Å². The van der Waals surface area contributed by atoms with Crippen LogP contribution < -0.4 is 21.3 Å². The number of anilines is 2. The van der Waals surface area contributed by atoms with E-state index in [-0.39, 0.29) is 31.9 Å². The van der Waals surface area contributed by atoms with Crippen molar-refractivity contribution in [1.29, 1.82) is 0 Å². The van der Waals surface area contributed by atoms with Crippen LogP contribution in [0.5, 0.6) is 0 Å². The van der Waals surface area contributed by atoms with Crippen molar-refractivity contribution in [3.8, 4) is 11.3 Å². The molecule has 0 bridgehead atoms. The van der Waals surface area contributed by atoms with Crippen LogP contribution in [0.2, 0.25) is 0 Å². The summed E-state index contributed by atoms with van der Waals surface area (Å²) in [6, 6.07) is 13.5. The Labute approximate surface area is 229 Å². The van der Waals surface area contributed by atoms with Crippen LogP contribution in [0.4, 0.5) is 11.6 Å². The first-order valence-electron chi connectivity index (χ1n) is 12.3. The number of pyridine rings is 2. The van der Waals surface area contributed by atoms with E-state index in [1.165, 1.54) is 6.33 Å². The summed E-state index contributed by atoms with van der Waals surface area (Å²) in [5.41, 5.74) is 4.16. The van der Waals surface area contributed by atoms with Gasteiger partial charge >= 0.3 is 0 Å². The molecule has 0 spiro atoms. The van der Waals surface area contributed by atoms with Gasteiger partial charge in [0.15, 0.2) is 0 Å². The van der Waals surface area contributed by atoms with Gasteiger partial charge in [-0.25, -0.2) is 15.0 Å². The zero-order valence-corrected chi connectivity index (χ0v) is 22.5. The highest BCUT2D eigenvalue weighted by molar-refractivity contribution is 7.59. The maximum atomic E-state index is 12.3. The van der Waals surface area contributed by atoms with Gasteiger partial charge in [0.05, 0.1) is 23.4 Å². The topological polar surface area (TPSA) is 137 Å². The lowest BCUT2D eigenvalue weighted by atomic mass is 9.96. The van der Waals surface area contributed by atoms with Crippen LogP contribution in [-0.2, 0) is 0 Å². The molecule has 0 saturated carbocycles. The number of aliphatic hydroxyl groups excluding tert-OH is 1. The number of hydrogen-bond donors (Lipinski definition) is 5. The van der Waals surface area contributed by atoms with Crippen molar-refractivity contribution in [1.82, 2.24) is 30.6 Å². The average molecular weight is 535 g/mol. The third-order valence-corrected chi connectivity index (χ3v) is 6.02. The van der Waals surface area contributed by atoms with Gasteiger partial charge in [0.1, 0.15) is 18.0 Å². The third kappa shape index (κ3) is 7.15. The van der Waals surface area contributed by atoms with Gasteiger partial charge in [0.25, 0.3) is 5.91 Å². The second-order valence-electron chi connectivity index (χ2n) is 8.58. The van der Waals surface area contributed by atoms with Gasteiger partial charge in [-0.15, -0.1) is 0 Å². The van der Waals surface area contributed by atoms with E-state index in [4.69, 9.17) is 5.11 Å². The molecule has 11 heteroatoms. The molecule has 0 aliphatic heterocycles. The molecule has 0 aliphatic rings. The van der Waals surface area contributed by atoms with Crippen molar-refractivity contribution >= 4 is 41.9 Å². The molecule has 0 fully saturated rings. The largest absolute Gasteiger partial charge is 0.395 e. The lowest BCUT2D eigenvalue weighted by Gasteiger charge is -2.16. The fourth-order valence-corrected chi connectivity index (χ4v) is 4.04. The molecule has 0 saturated heterocycles. The van der Waals surface area contributed by atoms with E-state index in [2.05, 4.69) is 48.1 Å². The second-order valence-corrected chi connectivity index (χ2v) is 8.58. The van der Waals surface area contributed by atoms with E-state index in [0.717, 1.165) is 40.1 Å². The van der Waals surface area contributed by atoms with Gasteiger partial charge in [0.2, 0.25) is 0 Å². The summed E-state index contributed by atoms with van der Waals surface area (Å²) in [6.45, 7) is 4.91. The van der Waals surface area contributed by atoms with Crippen LogP contribution in [0.15, 0.2) is 61.2 Å². The Kier molecular flexibility index (Phi) is 10.8. The lowest BCUT2D eigenvalue weighted by Crippen LogP contribution is -2.25. The van der Waals surface area contributed by atoms with Gasteiger partial charge in [0, 0.05) is 68.6 Å². The number of nitrogens with zero attached hydrogens (tertiary/aromatic N) is 4. The molecule has 4 aromatic rings. The van der Waals surface area contributed by atoms with Crippen LogP contribution in [0.1, 0.15) is 28.8 Å². The summed E-state index contributed by atoms with van der Waals surface area (Å²) in [6.07, 6.45) is 5.00. The Balaban J connectivity index is 0.00000400. The summed E-state index contributed by atoms with van der Waals surface area (Å²) < 4.78 is 0. The highest BCUT2D eigenvalue weighted by Crippen LogP contribution is 2.27. The highest BCUT2D eigenvalue weighted by atomic mass is 32.1. The van der Waals surface area contributed by atoms with Gasteiger partial charge in [-0.2, -0.15) is 13.5 Å². The fraction of sp³-hybridized carbons (Fsp3) is 0.296. The SMILES string of the molecule is CNC(=O)c1ccnc2c([C@H](C)CNc3cc(-c4ccc(NCCNCCO)nc4)ncn3)cccc12.S. The average Bonchev–Trinajstić information content (AvgIpc) is 2.95. The predicted molar refractivity (Wildman–Crippen MR) is 156 cm³/mol. The molecular formula is C27H34N8O2S. The minimum absolute atomic E-state index is 0. The first-order valence-corrected chi connectivity index (χ1v) is 12.3. The molecule has 38 heavy (non-hydrogen) atoms. The molecule has 0 unspecified atom stereocenters. The first-order chi connectivity index (χ1) is 18.1. The number of carbonyl (C=O) groups is 1. The van der Waals surface area contributed by atoms with Gasteiger partial charge < -0.3 is 26.4 Å². The van der Waals surface area contributed by atoms with Crippen molar-refractivity contribution in [2.24, 2.45) is 0 Å². The Morgan fingerprint density at radius 2 is 1.84 bits per heavy atom. The lowest BCUT2D eigenvalue weighted by molar-refractivity contribution is 0.0964. The van der Waals surface area contributed by atoms with Crippen LogP contribution in [0, 0.1) is 0 Å². The molecule has 1 aromatic carbocycles. The van der Waals surface area contributed by atoms with Gasteiger partial charge in [-0.05, 0) is 23.8 Å². The number of hydrogen-bond acceptors (Lipinski definition) is 9. The molecule has 3 heterocycles.